The zero-order valence-electron chi connectivity index (χ0n) is 19.9. The van der Waals surface area contributed by atoms with Gasteiger partial charge in [0, 0.05) is 34.5 Å². The van der Waals surface area contributed by atoms with Crippen molar-refractivity contribution in [2.45, 2.75) is 39.7 Å². The first kappa shape index (κ1) is 24.8. The summed E-state index contributed by atoms with van der Waals surface area (Å²) in [5.41, 5.74) is 4.37. The molecule has 0 aliphatic carbocycles. The molecule has 2 atom stereocenters. The summed E-state index contributed by atoms with van der Waals surface area (Å²) in [6.45, 7) is 5.81. The van der Waals surface area contributed by atoms with Crippen LogP contribution in [0.25, 0.3) is 5.69 Å². The Labute approximate surface area is 212 Å². The van der Waals surface area contributed by atoms with Crippen LogP contribution >= 0.6 is 15.9 Å². The molecule has 2 aromatic heterocycles. The molecule has 0 fully saturated rings. The minimum atomic E-state index is -0.552. The minimum Gasteiger partial charge on any atom is -0.466 e. The van der Waals surface area contributed by atoms with Crippen molar-refractivity contribution in [3.63, 3.8) is 0 Å². The molecule has 1 aliphatic heterocycles. The monoisotopic (exact) mass is 538 g/mol. The average molecular weight is 539 g/mol. The number of esters is 2. The summed E-state index contributed by atoms with van der Waals surface area (Å²) < 4.78 is 13.5. The first-order chi connectivity index (χ1) is 16.9. The summed E-state index contributed by atoms with van der Waals surface area (Å²) in [4.78, 5) is 38.4. The van der Waals surface area contributed by atoms with E-state index in [0.29, 0.717) is 6.42 Å². The van der Waals surface area contributed by atoms with E-state index >= 15 is 0 Å². The maximum absolute atomic E-state index is 12.3. The number of rotatable bonds is 8. The van der Waals surface area contributed by atoms with Crippen molar-refractivity contribution >= 4 is 33.6 Å². The van der Waals surface area contributed by atoms with Crippen molar-refractivity contribution in [3.05, 3.63) is 76.0 Å². The van der Waals surface area contributed by atoms with Gasteiger partial charge in [0.2, 0.25) is 0 Å². The number of aromatic nitrogens is 3. The Morgan fingerprint density at radius 3 is 2.74 bits per heavy atom. The van der Waals surface area contributed by atoms with Gasteiger partial charge in [0.1, 0.15) is 11.9 Å². The molecule has 0 saturated carbocycles. The SMILES string of the molecule is CCOC(=O)C(C)CC(=O)OCC[C@@H]1N=C(c2ccccn2)c2cc(Br)ccc2-n2c(C)cnc21. The van der Waals surface area contributed by atoms with E-state index in [4.69, 9.17) is 14.5 Å². The number of fused-ring (bicyclic) bond motifs is 3. The van der Waals surface area contributed by atoms with E-state index in [1.165, 1.54) is 0 Å². The molecular weight excluding hydrogens is 512 g/mol. The van der Waals surface area contributed by atoms with E-state index in [9.17, 15) is 9.59 Å². The maximum Gasteiger partial charge on any atom is 0.309 e. The molecule has 4 rings (SSSR count). The van der Waals surface area contributed by atoms with Crippen LogP contribution in [0, 0.1) is 12.8 Å². The molecule has 0 bridgehead atoms. The first-order valence-corrected chi connectivity index (χ1v) is 12.3. The summed E-state index contributed by atoms with van der Waals surface area (Å²) >= 11 is 3.59. The van der Waals surface area contributed by atoms with Crippen LogP contribution in [0.2, 0.25) is 0 Å². The lowest BCUT2D eigenvalue weighted by Gasteiger charge is -2.15. The number of nitrogens with zero attached hydrogens (tertiary/aromatic N) is 4. The molecule has 0 N–H and O–H groups in total. The minimum absolute atomic E-state index is 0.0286. The van der Waals surface area contributed by atoms with Crippen molar-refractivity contribution in [1.29, 1.82) is 0 Å². The van der Waals surface area contributed by atoms with Crippen molar-refractivity contribution in [1.82, 2.24) is 14.5 Å². The van der Waals surface area contributed by atoms with Crippen LogP contribution < -0.4 is 0 Å². The topological polar surface area (TPSA) is 95.7 Å². The summed E-state index contributed by atoms with van der Waals surface area (Å²) in [6.07, 6.45) is 3.97. The van der Waals surface area contributed by atoms with E-state index in [1.807, 2.05) is 49.5 Å². The fourth-order valence-electron chi connectivity index (χ4n) is 4.04. The van der Waals surface area contributed by atoms with Crippen LogP contribution in [-0.2, 0) is 19.1 Å². The van der Waals surface area contributed by atoms with Gasteiger partial charge in [-0.1, -0.05) is 28.9 Å². The van der Waals surface area contributed by atoms with Gasteiger partial charge < -0.3 is 9.47 Å². The molecule has 3 aromatic rings. The highest BCUT2D eigenvalue weighted by atomic mass is 79.9. The van der Waals surface area contributed by atoms with Gasteiger partial charge in [-0.3, -0.25) is 24.1 Å². The zero-order valence-corrected chi connectivity index (χ0v) is 21.5. The van der Waals surface area contributed by atoms with Crippen LogP contribution in [0.1, 0.15) is 55.5 Å². The van der Waals surface area contributed by atoms with E-state index in [0.717, 1.165) is 38.6 Å². The Balaban J connectivity index is 1.61. The number of carbonyl (C=O) groups excluding carboxylic acids is 2. The van der Waals surface area contributed by atoms with Gasteiger partial charge >= 0.3 is 11.9 Å². The fourth-order valence-corrected chi connectivity index (χ4v) is 4.40. The second-order valence-corrected chi connectivity index (χ2v) is 9.25. The van der Waals surface area contributed by atoms with E-state index in [-0.39, 0.29) is 25.7 Å². The molecule has 3 heterocycles. The highest BCUT2D eigenvalue weighted by molar-refractivity contribution is 9.10. The number of ether oxygens (including phenoxy) is 2. The van der Waals surface area contributed by atoms with Crippen molar-refractivity contribution in [2.75, 3.05) is 13.2 Å². The third-order valence-electron chi connectivity index (χ3n) is 5.73. The molecular formula is C26H27BrN4O4. The lowest BCUT2D eigenvalue weighted by molar-refractivity contribution is -0.154. The third-order valence-corrected chi connectivity index (χ3v) is 6.22. The number of imidazole rings is 1. The largest absolute Gasteiger partial charge is 0.466 e. The maximum atomic E-state index is 12.3. The quantitative estimate of drug-likeness (QED) is 0.384. The molecule has 0 saturated heterocycles. The molecule has 1 aromatic carbocycles. The molecule has 8 nitrogen and oxygen atoms in total. The van der Waals surface area contributed by atoms with Gasteiger partial charge in [-0.25, -0.2) is 4.98 Å². The van der Waals surface area contributed by atoms with Crippen LogP contribution in [-0.4, -0.2) is 45.4 Å². The molecule has 1 aliphatic rings. The highest BCUT2D eigenvalue weighted by Crippen LogP contribution is 2.34. The summed E-state index contributed by atoms with van der Waals surface area (Å²) in [5, 5.41) is 0. The molecule has 0 radical (unpaired) electrons. The molecule has 1 unspecified atom stereocenters. The van der Waals surface area contributed by atoms with Gasteiger partial charge in [0.25, 0.3) is 0 Å². The number of hydrogen-bond donors (Lipinski definition) is 0. The molecule has 0 amide bonds. The highest BCUT2D eigenvalue weighted by Gasteiger charge is 2.28. The molecule has 9 heteroatoms. The van der Waals surface area contributed by atoms with E-state index in [2.05, 4.69) is 30.5 Å². The van der Waals surface area contributed by atoms with Crippen LogP contribution in [0.15, 0.2) is 58.3 Å². The summed E-state index contributed by atoms with van der Waals surface area (Å²) in [7, 11) is 0. The normalized spacial score (nSPS) is 15.3. The number of aryl methyl sites for hydroxylation is 1. The van der Waals surface area contributed by atoms with Gasteiger partial charge in [-0.2, -0.15) is 0 Å². The fraction of sp³-hybridized carbons (Fsp3) is 0.346. The average Bonchev–Trinajstić information content (AvgIpc) is 3.16. The predicted molar refractivity (Wildman–Crippen MR) is 135 cm³/mol. The lowest BCUT2D eigenvalue weighted by atomic mass is 10.0. The Bertz CT molecular complexity index is 1260. The third kappa shape index (κ3) is 5.51. The number of carbonyl (C=O) groups is 2. The summed E-state index contributed by atoms with van der Waals surface area (Å²) in [6, 6.07) is 11.4. The number of hydrogen-bond acceptors (Lipinski definition) is 7. The molecule has 182 valence electrons. The smallest absolute Gasteiger partial charge is 0.309 e. The lowest BCUT2D eigenvalue weighted by Crippen LogP contribution is -2.20. The van der Waals surface area contributed by atoms with Gasteiger partial charge in [-0.15, -0.1) is 0 Å². The first-order valence-electron chi connectivity index (χ1n) is 11.5. The standard InChI is InChI=1S/C26H27BrN4O4/c1-4-34-26(33)16(2)13-23(32)35-12-10-21-25-29-15-17(3)31(25)22-9-8-18(27)14-19(22)24(30-21)20-7-5-6-11-28-20/h5-9,11,14-16,21H,4,10,12-13H2,1-3H3/t16?,21-/m0/s1. The zero-order chi connectivity index (χ0) is 24.9. The van der Waals surface area contributed by atoms with Crippen LogP contribution in [0.5, 0.6) is 0 Å². The number of halogens is 1. The molecule has 35 heavy (non-hydrogen) atoms. The van der Waals surface area contributed by atoms with E-state index in [1.54, 1.807) is 20.0 Å². The Hall–Kier alpha value is -3.33. The van der Waals surface area contributed by atoms with Gasteiger partial charge in [0.05, 0.1) is 42.6 Å². The Morgan fingerprint density at radius 2 is 2.00 bits per heavy atom. The van der Waals surface area contributed by atoms with E-state index < -0.39 is 17.9 Å². The Morgan fingerprint density at radius 1 is 1.17 bits per heavy atom. The Kier molecular flexibility index (Phi) is 7.75. The summed E-state index contributed by atoms with van der Waals surface area (Å²) in [5.74, 6) is -0.629. The number of pyridine rings is 1. The number of aliphatic imine (C=N–C) groups is 1. The number of benzene rings is 1. The molecule has 0 spiro atoms. The second-order valence-electron chi connectivity index (χ2n) is 8.33. The van der Waals surface area contributed by atoms with Crippen LogP contribution in [0.3, 0.4) is 0 Å². The van der Waals surface area contributed by atoms with Gasteiger partial charge in [-0.05, 0) is 44.2 Å². The predicted octanol–water partition coefficient (Wildman–Crippen LogP) is 4.75. The van der Waals surface area contributed by atoms with Crippen LogP contribution in [0.4, 0.5) is 0 Å². The van der Waals surface area contributed by atoms with Gasteiger partial charge in [0.15, 0.2) is 0 Å². The van der Waals surface area contributed by atoms with Crippen molar-refractivity contribution in [2.24, 2.45) is 10.9 Å². The second kappa shape index (κ2) is 10.9. The van der Waals surface area contributed by atoms with Crippen molar-refractivity contribution < 1.29 is 19.1 Å². The van der Waals surface area contributed by atoms with Crippen molar-refractivity contribution in [3.8, 4) is 5.69 Å².